The largest absolute Gasteiger partial charge is 0.251 e. The molecule has 0 spiro atoms. The van der Waals surface area contributed by atoms with Gasteiger partial charge in [-0.1, -0.05) is 25.5 Å². The van der Waals surface area contributed by atoms with Gasteiger partial charge in [0, 0.05) is 11.9 Å². The molecule has 14 heavy (non-hydrogen) atoms. The Hall–Kier alpha value is -0.510. The number of nitrogens with zero attached hydrogens (tertiary/aromatic N) is 3. The van der Waals surface area contributed by atoms with Crippen molar-refractivity contribution >= 4 is 12.6 Å². The van der Waals surface area contributed by atoms with Gasteiger partial charge < -0.3 is 0 Å². The Morgan fingerprint density at radius 2 is 2.29 bits per heavy atom. The van der Waals surface area contributed by atoms with Crippen molar-refractivity contribution in [3.63, 3.8) is 0 Å². The van der Waals surface area contributed by atoms with Crippen molar-refractivity contribution < 1.29 is 0 Å². The maximum Gasteiger partial charge on any atom is 0.0827 e. The first-order valence-corrected chi connectivity index (χ1v) is 5.85. The van der Waals surface area contributed by atoms with Crippen LogP contribution in [0.2, 0.25) is 0 Å². The standard InChI is InChI=1S/C10H19N3S/c1-9(2)4-3-5-10-8-13(6-7-14)12-11-10/h8-9,14H,3-7H2,1-2H3. The third-order valence-corrected chi connectivity index (χ3v) is 2.33. The minimum Gasteiger partial charge on any atom is -0.251 e. The van der Waals surface area contributed by atoms with Crippen LogP contribution in [0.5, 0.6) is 0 Å². The normalized spacial score (nSPS) is 11.1. The van der Waals surface area contributed by atoms with E-state index < -0.39 is 0 Å². The highest BCUT2D eigenvalue weighted by Crippen LogP contribution is 2.07. The van der Waals surface area contributed by atoms with Crippen molar-refractivity contribution in [1.82, 2.24) is 15.0 Å². The lowest BCUT2D eigenvalue weighted by Gasteiger charge is -2.01. The van der Waals surface area contributed by atoms with E-state index in [1.807, 2.05) is 10.9 Å². The second kappa shape index (κ2) is 6.06. The molecule has 0 bridgehead atoms. The van der Waals surface area contributed by atoms with Crippen molar-refractivity contribution in [2.24, 2.45) is 5.92 Å². The molecule has 1 rings (SSSR count). The summed E-state index contributed by atoms with van der Waals surface area (Å²) >= 11 is 4.15. The van der Waals surface area contributed by atoms with E-state index in [9.17, 15) is 0 Å². The van der Waals surface area contributed by atoms with E-state index >= 15 is 0 Å². The molecule has 0 radical (unpaired) electrons. The van der Waals surface area contributed by atoms with Crippen molar-refractivity contribution in [2.75, 3.05) is 5.75 Å². The van der Waals surface area contributed by atoms with Gasteiger partial charge in [0.2, 0.25) is 0 Å². The molecule has 0 unspecified atom stereocenters. The molecule has 0 aliphatic carbocycles. The third kappa shape index (κ3) is 4.13. The van der Waals surface area contributed by atoms with Crippen LogP contribution >= 0.6 is 12.6 Å². The van der Waals surface area contributed by atoms with E-state index in [1.54, 1.807) is 0 Å². The lowest BCUT2D eigenvalue weighted by molar-refractivity contribution is 0.553. The van der Waals surface area contributed by atoms with Crippen LogP contribution in [-0.2, 0) is 13.0 Å². The van der Waals surface area contributed by atoms with E-state index in [1.165, 1.54) is 12.8 Å². The molecule has 4 heteroatoms. The number of aryl methyl sites for hydroxylation is 2. The Balaban J connectivity index is 2.28. The molecule has 1 aromatic heterocycles. The zero-order chi connectivity index (χ0) is 10.4. The molecule has 80 valence electrons. The fourth-order valence-electron chi connectivity index (χ4n) is 1.36. The van der Waals surface area contributed by atoms with Crippen molar-refractivity contribution in [1.29, 1.82) is 0 Å². The number of hydrogen-bond acceptors (Lipinski definition) is 3. The van der Waals surface area contributed by atoms with Gasteiger partial charge in [0.25, 0.3) is 0 Å². The summed E-state index contributed by atoms with van der Waals surface area (Å²) in [6.07, 6.45) is 5.54. The average molecular weight is 213 g/mol. The monoisotopic (exact) mass is 213 g/mol. The molecule has 0 aliphatic rings. The fourth-order valence-corrected chi connectivity index (χ4v) is 1.56. The molecular formula is C10H19N3S. The van der Waals surface area contributed by atoms with Gasteiger partial charge in [0.05, 0.1) is 12.2 Å². The predicted octanol–water partition coefficient (Wildman–Crippen LogP) is 2.19. The van der Waals surface area contributed by atoms with E-state index in [2.05, 4.69) is 36.8 Å². The van der Waals surface area contributed by atoms with E-state index in [-0.39, 0.29) is 0 Å². The molecule has 0 amide bonds. The van der Waals surface area contributed by atoms with Gasteiger partial charge in [-0.15, -0.1) is 5.10 Å². The zero-order valence-corrected chi connectivity index (χ0v) is 9.87. The van der Waals surface area contributed by atoms with Gasteiger partial charge in [-0.2, -0.15) is 12.6 Å². The van der Waals surface area contributed by atoms with Crippen LogP contribution in [0.25, 0.3) is 0 Å². The SMILES string of the molecule is CC(C)CCCc1cn(CCS)nn1. The van der Waals surface area contributed by atoms with Crippen LogP contribution in [0.15, 0.2) is 6.20 Å². The molecular weight excluding hydrogens is 194 g/mol. The first-order valence-electron chi connectivity index (χ1n) is 5.22. The Kier molecular flexibility index (Phi) is 5.01. The Morgan fingerprint density at radius 1 is 1.50 bits per heavy atom. The first kappa shape index (κ1) is 11.6. The molecule has 1 heterocycles. The van der Waals surface area contributed by atoms with Crippen LogP contribution in [-0.4, -0.2) is 20.7 Å². The summed E-state index contributed by atoms with van der Waals surface area (Å²) in [5.41, 5.74) is 1.10. The maximum atomic E-state index is 4.15. The van der Waals surface area contributed by atoms with Gasteiger partial charge in [-0.25, -0.2) is 0 Å². The van der Waals surface area contributed by atoms with Crippen molar-refractivity contribution in [2.45, 2.75) is 39.7 Å². The summed E-state index contributed by atoms with van der Waals surface area (Å²) in [5.74, 6) is 1.59. The highest BCUT2D eigenvalue weighted by molar-refractivity contribution is 7.80. The minimum atomic E-state index is 0.780. The molecule has 0 atom stereocenters. The second-order valence-electron chi connectivity index (χ2n) is 3.98. The maximum absolute atomic E-state index is 4.15. The Labute approximate surface area is 91.3 Å². The molecule has 0 saturated heterocycles. The molecule has 0 aromatic carbocycles. The van der Waals surface area contributed by atoms with E-state index in [4.69, 9.17) is 0 Å². The molecule has 0 saturated carbocycles. The van der Waals surface area contributed by atoms with Crippen LogP contribution in [0.1, 0.15) is 32.4 Å². The first-order chi connectivity index (χ1) is 6.72. The summed E-state index contributed by atoms with van der Waals surface area (Å²) in [6, 6.07) is 0. The highest BCUT2D eigenvalue weighted by atomic mass is 32.1. The summed E-state index contributed by atoms with van der Waals surface area (Å²) in [6.45, 7) is 5.34. The predicted molar refractivity (Wildman–Crippen MR) is 61.7 cm³/mol. The number of hydrogen-bond donors (Lipinski definition) is 1. The summed E-state index contributed by atoms with van der Waals surface area (Å²) in [4.78, 5) is 0. The summed E-state index contributed by atoms with van der Waals surface area (Å²) in [7, 11) is 0. The molecule has 1 aromatic rings. The molecule has 0 N–H and O–H groups in total. The van der Waals surface area contributed by atoms with Gasteiger partial charge in [-0.3, -0.25) is 4.68 Å². The highest BCUT2D eigenvalue weighted by Gasteiger charge is 2.01. The number of rotatable bonds is 6. The van der Waals surface area contributed by atoms with Gasteiger partial charge in [0.15, 0.2) is 0 Å². The van der Waals surface area contributed by atoms with Crippen LogP contribution < -0.4 is 0 Å². The van der Waals surface area contributed by atoms with Gasteiger partial charge >= 0.3 is 0 Å². The molecule has 3 nitrogen and oxygen atoms in total. The fraction of sp³-hybridized carbons (Fsp3) is 0.800. The summed E-state index contributed by atoms with van der Waals surface area (Å²) < 4.78 is 1.86. The van der Waals surface area contributed by atoms with Crippen molar-refractivity contribution in [3.8, 4) is 0 Å². The summed E-state index contributed by atoms with van der Waals surface area (Å²) in [5, 5.41) is 8.13. The second-order valence-corrected chi connectivity index (χ2v) is 4.43. The average Bonchev–Trinajstić information content (AvgIpc) is 2.53. The Bertz CT molecular complexity index is 258. The lowest BCUT2D eigenvalue weighted by Crippen LogP contribution is -1.99. The zero-order valence-electron chi connectivity index (χ0n) is 8.98. The lowest BCUT2D eigenvalue weighted by atomic mass is 10.1. The van der Waals surface area contributed by atoms with Crippen LogP contribution in [0.4, 0.5) is 0 Å². The van der Waals surface area contributed by atoms with E-state index in [0.29, 0.717) is 0 Å². The number of thiol groups is 1. The number of aromatic nitrogens is 3. The Morgan fingerprint density at radius 3 is 2.93 bits per heavy atom. The van der Waals surface area contributed by atoms with Crippen LogP contribution in [0, 0.1) is 5.92 Å². The third-order valence-electron chi connectivity index (χ3n) is 2.13. The van der Waals surface area contributed by atoms with Crippen LogP contribution in [0.3, 0.4) is 0 Å². The minimum absolute atomic E-state index is 0.780. The topological polar surface area (TPSA) is 30.7 Å². The van der Waals surface area contributed by atoms with Gasteiger partial charge in [-0.05, 0) is 18.8 Å². The quantitative estimate of drug-likeness (QED) is 0.734. The smallest absolute Gasteiger partial charge is 0.0827 e. The molecule has 0 fully saturated rings. The molecule has 0 aliphatic heterocycles. The van der Waals surface area contributed by atoms with Gasteiger partial charge in [0.1, 0.15) is 0 Å². The van der Waals surface area contributed by atoms with Crippen molar-refractivity contribution in [3.05, 3.63) is 11.9 Å². The van der Waals surface area contributed by atoms with E-state index in [0.717, 1.165) is 30.3 Å².